The van der Waals surface area contributed by atoms with Crippen LogP contribution >= 0.6 is 0 Å². The Hall–Kier alpha value is -0.575. The van der Waals surface area contributed by atoms with Gasteiger partial charge in [0.2, 0.25) is 0 Å². The summed E-state index contributed by atoms with van der Waals surface area (Å²) in [7, 11) is 1.58. The van der Waals surface area contributed by atoms with Crippen molar-refractivity contribution in [2.75, 3.05) is 0 Å². The zero-order valence-electron chi connectivity index (χ0n) is 5.53. The smallest absolute Gasteiger partial charge is 0.337 e. The van der Waals surface area contributed by atoms with Crippen LogP contribution in [0.3, 0.4) is 0 Å². The molecule has 1 nitrogen and oxygen atoms in total. The Kier molecular flexibility index (Phi) is 5.96. The first-order valence-electron chi connectivity index (χ1n) is 2.92. The first kappa shape index (κ1) is 7.42. The fourth-order valence-electron chi connectivity index (χ4n) is 0.388. The maximum Gasteiger partial charge on any atom is 0.337 e. The third kappa shape index (κ3) is 5.42. The second kappa shape index (κ2) is 6.42. The van der Waals surface area contributed by atoms with Gasteiger partial charge in [-0.3, -0.25) is 0 Å². The number of unbranched alkanes of at least 4 members (excludes halogenated alkanes) is 2. The lowest BCUT2D eigenvalue weighted by Crippen LogP contribution is -1.70. The minimum Gasteiger partial charge on any atom is -0.526 e. The lowest BCUT2D eigenvalue weighted by Gasteiger charge is -1.82. The van der Waals surface area contributed by atoms with Crippen LogP contribution in [0.4, 0.5) is 0 Å². The predicted molar refractivity (Wildman–Crippen MR) is 36.9 cm³/mol. The van der Waals surface area contributed by atoms with Gasteiger partial charge >= 0.3 is 8.05 Å². The van der Waals surface area contributed by atoms with Crippen molar-refractivity contribution < 1.29 is 4.65 Å². The molecule has 0 aliphatic rings. The summed E-state index contributed by atoms with van der Waals surface area (Å²) < 4.78 is 4.53. The Morgan fingerprint density at radius 3 is 2.88 bits per heavy atom. The third-order valence-electron chi connectivity index (χ3n) is 0.830. The van der Waals surface area contributed by atoms with Gasteiger partial charge in [-0.1, -0.05) is 19.3 Å². The van der Waals surface area contributed by atoms with Crippen LogP contribution in [-0.2, 0) is 4.65 Å². The molecule has 0 unspecified atom stereocenters. The van der Waals surface area contributed by atoms with Crippen molar-refractivity contribution in [3.05, 3.63) is 0 Å². The largest absolute Gasteiger partial charge is 0.526 e. The second-order valence-corrected chi connectivity index (χ2v) is 1.59. The Labute approximate surface area is 51.9 Å². The summed E-state index contributed by atoms with van der Waals surface area (Å²) in [6.07, 6.45) is 5.88. The SMILES string of the molecule is BOC#CCCCC. The third-order valence-corrected chi connectivity index (χ3v) is 0.830. The zero-order chi connectivity index (χ0) is 6.24. The van der Waals surface area contributed by atoms with Crippen molar-refractivity contribution in [2.45, 2.75) is 26.2 Å². The molecule has 0 saturated carbocycles. The predicted octanol–water partition coefficient (Wildman–Crippen LogP) is 0.702. The normalized spacial score (nSPS) is 7.12. The number of rotatable bonds is 2. The molecular formula is C6H11BO. The number of hydrogen-bond donors (Lipinski definition) is 0. The van der Waals surface area contributed by atoms with E-state index >= 15 is 0 Å². The molecule has 2 heteroatoms. The molecule has 8 heavy (non-hydrogen) atoms. The fourth-order valence-corrected chi connectivity index (χ4v) is 0.388. The van der Waals surface area contributed by atoms with Crippen LogP contribution in [0.1, 0.15) is 26.2 Å². The molecule has 0 bridgehead atoms. The van der Waals surface area contributed by atoms with E-state index in [0.717, 1.165) is 6.42 Å². The van der Waals surface area contributed by atoms with Crippen LogP contribution in [0.5, 0.6) is 0 Å². The van der Waals surface area contributed by atoms with E-state index in [1.54, 1.807) is 8.05 Å². The molecule has 0 heterocycles. The molecule has 0 aliphatic heterocycles. The first-order valence-corrected chi connectivity index (χ1v) is 2.92. The van der Waals surface area contributed by atoms with Crippen molar-refractivity contribution in [3.63, 3.8) is 0 Å². The summed E-state index contributed by atoms with van der Waals surface area (Å²) >= 11 is 0. The molecule has 0 fully saturated rings. The Morgan fingerprint density at radius 2 is 2.38 bits per heavy atom. The van der Waals surface area contributed by atoms with E-state index in [9.17, 15) is 0 Å². The van der Waals surface area contributed by atoms with E-state index in [1.807, 2.05) is 0 Å². The van der Waals surface area contributed by atoms with Crippen molar-refractivity contribution in [2.24, 2.45) is 0 Å². The Bertz CT molecular complexity index is 90.4. The highest BCUT2D eigenvalue weighted by molar-refractivity contribution is 5.98. The minimum absolute atomic E-state index is 0.963. The van der Waals surface area contributed by atoms with Gasteiger partial charge in [-0.15, -0.1) is 0 Å². The van der Waals surface area contributed by atoms with Crippen LogP contribution < -0.4 is 0 Å². The van der Waals surface area contributed by atoms with E-state index in [4.69, 9.17) is 0 Å². The average Bonchev–Trinajstić information content (AvgIpc) is 1.81. The fraction of sp³-hybridized carbons (Fsp3) is 0.667. The molecule has 0 N–H and O–H groups in total. The van der Waals surface area contributed by atoms with Crippen molar-refractivity contribution in [1.82, 2.24) is 0 Å². The van der Waals surface area contributed by atoms with Crippen LogP contribution in [0.25, 0.3) is 0 Å². The monoisotopic (exact) mass is 110 g/mol. The molecular weight excluding hydrogens is 98.9 g/mol. The minimum atomic E-state index is 0.963. The second-order valence-electron chi connectivity index (χ2n) is 1.59. The first-order chi connectivity index (χ1) is 3.91. The van der Waals surface area contributed by atoms with E-state index < -0.39 is 0 Å². The quantitative estimate of drug-likeness (QED) is 0.289. The maximum atomic E-state index is 4.53. The van der Waals surface area contributed by atoms with Crippen molar-refractivity contribution in [3.8, 4) is 12.0 Å². The van der Waals surface area contributed by atoms with Gasteiger partial charge < -0.3 is 4.65 Å². The van der Waals surface area contributed by atoms with Crippen molar-refractivity contribution >= 4 is 8.05 Å². The average molecular weight is 110 g/mol. The van der Waals surface area contributed by atoms with E-state index in [-0.39, 0.29) is 0 Å². The summed E-state index contributed by atoms with van der Waals surface area (Å²) in [6.45, 7) is 2.15. The van der Waals surface area contributed by atoms with Gasteiger partial charge in [-0.25, -0.2) is 0 Å². The summed E-state index contributed by atoms with van der Waals surface area (Å²) in [5.41, 5.74) is 0. The highest BCUT2D eigenvalue weighted by Crippen LogP contribution is 1.89. The van der Waals surface area contributed by atoms with Gasteiger partial charge in [0.05, 0.1) is 6.11 Å². The van der Waals surface area contributed by atoms with Gasteiger partial charge in [0.15, 0.2) is 0 Å². The molecule has 0 aromatic heterocycles. The molecule has 0 saturated heterocycles. The van der Waals surface area contributed by atoms with E-state index in [1.165, 1.54) is 12.8 Å². The summed E-state index contributed by atoms with van der Waals surface area (Å²) in [5, 5.41) is 0. The van der Waals surface area contributed by atoms with Gasteiger partial charge in [-0.05, 0) is 6.42 Å². The molecule has 0 aromatic rings. The molecule has 0 aromatic carbocycles. The molecule has 0 spiro atoms. The van der Waals surface area contributed by atoms with Gasteiger partial charge in [-0.2, -0.15) is 0 Å². The molecule has 0 rings (SSSR count). The van der Waals surface area contributed by atoms with Gasteiger partial charge in [0.25, 0.3) is 0 Å². The molecule has 0 atom stereocenters. The van der Waals surface area contributed by atoms with Crippen LogP contribution in [0.15, 0.2) is 0 Å². The molecule has 0 aliphatic carbocycles. The van der Waals surface area contributed by atoms with Crippen LogP contribution in [0.2, 0.25) is 0 Å². The lowest BCUT2D eigenvalue weighted by molar-refractivity contribution is 0.577. The van der Waals surface area contributed by atoms with Gasteiger partial charge in [0.1, 0.15) is 0 Å². The Morgan fingerprint density at radius 1 is 1.62 bits per heavy atom. The standard InChI is InChI=1S/C6H11BO/c1-2-3-4-5-6-8-7/h2-4,7H2,1H3. The highest BCUT2D eigenvalue weighted by atomic mass is 16.4. The lowest BCUT2D eigenvalue weighted by atomic mass is 10.3. The van der Waals surface area contributed by atoms with E-state index in [2.05, 4.69) is 23.6 Å². The Balaban J connectivity index is 2.90. The highest BCUT2D eigenvalue weighted by Gasteiger charge is 1.74. The summed E-state index contributed by atoms with van der Waals surface area (Å²) in [4.78, 5) is 0. The topological polar surface area (TPSA) is 9.23 Å². The van der Waals surface area contributed by atoms with Crippen molar-refractivity contribution in [1.29, 1.82) is 0 Å². The molecule has 0 amide bonds. The number of hydrogen-bond acceptors (Lipinski definition) is 1. The molecule has 0 radical (unpaired) electrons. The zero-order valence-corrected chi connectivity index (χ0v) is 5.53. The maximum absolute atomic E-state index is 4.53. The summed E-state index contributed by atoms with van der Waals surface area (Å²) in [6, 6.07) is 0. The van der Waals surface area contributed by atoms with Crippen LogP contribution in [-0.4, -0.2) is 8.05 Å². The van der Waals surface area contributed by atoms with Crippen LogP contribution in [0, 0.1) is 12.0 Å². The van der Waals surface area contributed by atoms with Gasteiger partial charge in [0, 0.05) is 6.42 Å². The molecule has 44 valence electrons. The summed E-state index contributed by atoms with van der Waals surface area (Å²) in [5.74, 6) is 2.86. The van der Waals surface area contributed by atoms with E-state index in [0.29, 0.717) is 0 Å².